The zero-order valence-corrected chi connectivity index (χ0v) is 14.2. The van der Waals surface area contributed by atoms with Crippen LogP contribution in [0.2, 0.25) is 5.32 Å². The van der Waals surface area contributed by atoms with Crippen LogP contribution in [0.5, 0.6) is 0 Å². The van der Waals surface area contributed by atoms with Crippen molar-refractivity contribution < 1.29 is 4.92 Å². The molecule has 114 valence electrons. The van der Waals surface area contributed by atoms with E-state index in [9.17, 15) is 10.1 Å². The van der Waals surface area contributed by atoms with Crippen molar-refractivity contribution >= 4 is 25.1 Å². The quantitative estimate of drug-likeness (QED) is 0.326. The van der Waals surface area contributed by atoms with Gasteiger partial charge in [-0.25, -0.2) is 0 Å². The number of rotatable bonds is 7. The van der Waals surface area contributed by atoms with E-state index in [0.717, 1.165) is 16.2 Å². The second kappa shape index (κ2) is 8.52. The van der Waals surface area contributed by atoms with Crippen molar-refractivity contribution in [2.45, 2.75) is 18.7 Å². The Morgan fingerprint density at radius 1 is 1.14 bits per heavy atom. The normalized spacial score (nSPS) is 12.4. The van der Waals surface area contributed by atoms with Crippen molar-refractivity contribution in [1.29, 1.82) is 0 Å². The van der Waals surface area contributed by atoms with E-state index in [2.05, 4.69) is 43.3 Å². The summed E-state index contributed by atoms with van der Waals surface area (Å²) in [6.07, 6.45) is 5.39. The van der Waals surface area contributed by atoms with Gasteiger partial charge in [0.25, 0.3) is 0 Å². The minimum atomic E-state index is -0.293. The van der Waals surface area contributed by atoms with Gasteiger partial charge in [-0.2, -0.15) is 0 Å². The van der Waals surface area contributed by atoms with Gasteiger partial charge in [0.15, 0.2) is 0 Å². The maximum absolute atomic E-state index is 11.0. The summed E-state index contributed by atoms with van der Waals surface area (Å²) in [7, 11) is 0. The first-order valence-corrected chi connectivity index (χ1v) is 9.30. The van der Waals surface area contributed by atoms with Gasteiger partial charge in [0.05, 0.1) is 0 Å². The summed E-state index contributed by atoms with van der Waals surface area (Å²) in [5.74, 6) is 0.476. The average Bonchev–Trinajstić information content (AvgIpc) is 2.53. The van der Waals surface area contributed by atoms with Crippen LogP contribution in [0.15, 0.2) is 66.7 Å². The molecule has 2 aromatic rings. The molecule has 0 amide bonds. The molecular formula is C18H19NO2Se. The molecule has 0 unspecified atom stereocenters. The molecule has 22 heavy (non-hydrogen) atoms. The zero-order chi connectivity index (χ0) is 15.8. The molecule has 0 saturated heterocycles. The Morgan fingerprint density at radius 2 is 1.82 bits per heavy atom. The third-order valence-electron chi connectivity index (χ3n) is 3.26. The second-order valence-corrected chi connectivity index (χ2v) is 7.36. The van der Waals surface area contributed by atoms with Gasteiger partial charge in [-0.1, -0.05) is 0 Å². The van der Waals surface area contributed by atoms with Crippen LogP contribution in [0.4, 0.5) is 5.69 Å². The summed E-state index contributed by atoms with van der Waals surface area (Å²) in [5.41, 5.74) is 1.58. The number of nitro groups is 1. The molecule has 3 nitrogen and oxygen atoms in total. The van der Waals surface area contributed by atoms with Crippen molar-refractivity contribution in [3.05, 3.63) is 82.4 Å². The molecule has 4 heteroatoms. The summed E-state index contributed by atoms with van der Waals surface area (Å²) in [5, 5.41) is 11.8. The van der Waals surface area contributed by atoms with Gasteiger partial charge in [-0.3, -0.25) is 0 Å². The van der Waals surface area contributed by atoms with E-state index < -0.39 is 0 Å². The molecule has 0 aliphatic rings. The summed E-state index contributed by atoms with van der Waals surface area (Å²) < 4.78 is 0.861. The number of nitro benzene ring substituents is 1. The van der Waals surface area contributed by atoms with Crippen molar-refractivity contribution in [1.82, 2.24) is 0 Å². The summed E-state index contributed by atoms with van der Waals surface area (Å²) in [6.45, 7) is 2.20. The second-order valence-electron chi connectivity index (χ2n) is 5.13. The number of para-hydroxylation sites is 1. The van der Waals surface area contributed by atoms with Gasteiger partial charge in [0.2, 0.25) is 0 Å². The molecule has 0 aliphatic heterocycles. The first-order chi connectivity index (χ1) is 10.7. The van der Waals surface area contributed by atoms with Crippen LogP contribution in [-0.2, 0) is 6.42 Å². The molecule has 1 atom stereocenters. The van der Waals surface area contributed by atoms with E-state index in [-0.39, 0.29) is 25.6 Å². The van der Waals surface area contributed by atoms with Crippen molar-refractivity contribution in [3.8, 4) is 0 Å². The van der Waals surface area contributed by atoms with E-state index in [1.54, 1.807) is 12.1 Å². The molecule has 0 fully saturated rings. The average molecular weight is 360 g/mol. The predicted octanol–water partition coefficient (Wildman–Crippen LogP) is 3.78. The predicted molar refractivity (Wildman–Crippen MR) is 91.7 cm³/mol. The number of allylic oxidation sites excluding steroid dienone is 2. The Morgan fingerprint density at radius 3 is 2.55 bits per heavy atom. The summed E-state index contributed by atoms with van der Waals surface area (Å²) in [6, 6.07) is 17.5. The van der Waals surface area contributed by atoms with Gasteiger partial charge in [0, 0.05) is 0 Å². The third kappa shape index (κ3) is 5.14. The van der Waals surface area contributed by atoms with Crippen LogP contribution in [0, 0.1) is 16.0 Å². The molecule has 0 spiro atoms. The van der Waals surface area contributed by atoms with Crippen LogP contribution in [0.25, 0.3) is 0 Å². The SMILES string of the molecule is C[C@@H](/C=C/C[Se]c1ccccc1[N+](=O)[O-])Cc1ccccc1. The Bertz CT molecular complexity index is 641. The molecule has 2 rings (SSSR count). The zero-order valence-electron chi connectivity index (χ0n) is 12.5. The van der Waals surface area contributed by atoms with Crippen LogP contribution < -0.4 is 4.46 Å². The van der Waals surface area contributed by atoms with E-state index in [1.807, 2.05) is 18.2 Å². The van der Waals surface area contributed by atoms with E-state index in [1.165, 1.54) is 5.56 Å². The fraction of sp³-hybridized carbons (Fsp3) is 0.222. The first-order valence-electron chi connectivity index (χ1n) is 7.23. The first kappa shape index (κ1) is 16.5. The van der Waals surface area contributed by atoms with E-state index >= 15 is 0 Å². The fourth-order valence-corrected chi connectivity index (χ4v) is 4.00. The van der Waals surface area contributed by atoms with Gasteiger partial charge in [-0.05, 0) is 0 Å². The number of nitrogens with zero attached hydrogens (tertiary/aromatic N) is 1. The molecule has 0 N–H and O–H groups in total. The molecule has 0 aliphatic carbocycles. The van der Waals surface area contributed by atoms with Gasteiger partial charge >= 0.3 is 137 Å². The summed E-state index contributed by atoms with van der Waals surface area (Å²) in [4.78, 5) is 10.7. The van der Waals surface area contributed by atoms with Gasteiger partial charge < -0.3 is 0 Å². The molecular weight excluding hydrogens is 341 g/mol. The van der Waals surface area contributed by atoms with Crippen molar-refractivity contribution in [3.63, 3.8) is 0 Å². The Hall–Kier alpha value is -1.90. The number of benzene rings is 2. The van der Waals surface area contributed by atoms with E-state index in [0.29, 0.717) is 5.92 Å². The minimum absolute atomic E-state index is 0.104. The Balaban J connectivity index is 1.84. The summed E-state index contributed by atoms with van der Waals surface area (Å²) >= 11 is 0.104. The van der Waals surface area contributed by atoms with Gasteiger partial charge in [0.1, 0.15) is 0 Å². The number of hydrogen-bond donors (Lipinski definition) is 0. The van der Waals surface area contributed by atoms with Crippen molar-refractivity contribution in [2.24, 2.45) is 5.92 Å². The fourth-order valence-electron chi connectivity index (χ4n) is 2.21. The van der Waals surface area contributed by atoms with Crippen LogP contribution in [-0.4, -0.2) is 19.9 Å². The van der Waals surface area contributed by atoms with Gasteiger partial charge in [-0.15, -0.1) is 0 Å². The van der Waals surface area contributed by atoms with Crippen LogP contribution >= 0.6 is 0 Å². The molecule has 0 bridgehead atoms. The monoisotopic (exact) mass is 361 g/mol. The standard InChI is InChI=1S/C18H19NO2Se/c1-15(14-16-9-3-2-4-10-16)8-7-13-22-18-12-6-5-11-17(18)19(20)21/h2-12,15H,13-14H2,1H3/b8-7+/t15-/m0/s1. The molecule has 0 radical (unpaired) electrons. The van der Waals surface area contributed by atoms with Crippen LogP contribution in [0.3, 0.4) is 0 Å². The molecule has 0 aromatic heterocycles. The Kier molecular flexibility index (Phi) is 6.38. The molecule has 2 aromatic carbocycles. The third-order valence-corrected chi connectivity index (χ3v) is 5.39. The molecule has 0 heterocycles. The molecule has 0 saturated carbocycles. The Labute approximate surface area is 137 Å². The van der Waals surface area contributed by atoms with E-state index in [4.69, 9.17) is 0 Å². The number of hydrogen-bond acceptors (Lipinski definition) is 2. The maximum atomic E-state index is 11.0. The topological polar surface area (TPSA) is 43.1 Å². The van der Waals surface area contributed by atoms with Crippen LogP contribution in [0.1, 0.15) is 12.5 Å². The van der Waals surface area contributed by atoms with Crippen molar-refractivity contribution in [2.75, 3.05) is 0 Å².